The summed E-state index contributed by atoms with van der Waals surface area (Å²) in [5.41, 5.74) is 4.25. The molecule has 1 N–H and O–H groups in total. The smallest absolute Gasteiger partial charge is 0.197 e. The number of halogens is 2. The highest BCUT2D eigenvalue weighted by atomic mass is 35.5. The number of carbonyl (C=O) groups excluding carboxylic acids is 1. The number of rotatable bonds is 0. The van der Waals surface area contributed by atoms with E-state index in [-0.39, 0.29) is 11.2 Å². The Balaban J connectivity index is 1.82. The summed E-state index contributed by atoms with van der Waals surface area (Å²) >= 11 is 12.1. The monoisotopic (exact) mass is 379 g/mol. The van der Waals surface area contributed by atoms with Gasteiger partial charge in [0.1, 0.15) is 0 Å². The molecule has 0 saturated carbocycles. The van der Waals surface area contributed by atoms with Crippen LogP contribution in [0.5, 0.6) is 0 Å². The Hall–Kier alpha value is -2.62. The Morgan fingerprint density at radius 3 is 2.27 bits per heavy atom. The number of H-pyrrole nitrogens is 1. The first-order valence-corrected chi connectivity index (χ1v) is 8.88. The van der Waals surface area contributed by atoms with Crippen molar-refractivity contribution in [2.45, 2.75) is 6.42 Å². The van der Waals surface area contributed by atoms with Crippen LogP contribution in [-0.2, 0) is 6.42 Å². The SMILES string of the molecule is O=C1c2cc(Cl)ccc2Cc2cc3c(=O)c4cc(Cl)ccc4[nH]c3cc21. The van der Waals surface area contributed by atoms with Crippen molar-refractivity contribution in [1.82, 2.24) is 4.98 Å². The fourth-order valence-electron chi connectivity index (χ4n) is 3.66. The Morgan fingerprint density at radius 1 is 0.731 bits per heavy atom. The number of aromatic amines is 1. The molecule has 3 aromatic carbocycles. The number of hydrogen-bond donors (Lipinski definition) is 1. The lowest BCUT2D eigenvalue weighted by Crippen LogP contribution is -2.16. The lowest BCUT2D eigenvalue weighted by molar-refractivity contribution is 0.103. The fourth-order valence-corrected chi connectivity index (χ4v) is 4.01. The molecule has 4 aromatic rings. The molecule has 0 radical (unpaired) electrons. The number of ketones is 1. The molecular formula is C21H11Cl2NO2. The fraction of sp³-hybridized carbons (Fsp3) is 0.0476. The van der Waals surface area contributed by atoms with Crippen molar-refractivity contribution >= 4 is 50.8 Å². The van der Waals surface area contributed by atoms with E-state index >= 15 is 0 Å². The molecule has 0 fully saturated rings. The molecule has 5 heteroatoms. The molecule has 126 valence electrons. The van der Waals surface area contributed by atoms with Gasteiger partial charge >= 0.3 is 0 Å². The Bertz CT molecular complexity index is 1320. The van der Waals surface area contributed by atoms with Crippen LogP contribution in [-0.4, -0.2) is 10.8 Å². The summed E-state index contributed by atoms with van der Waals surface area (Å²) in [7, 11) is 0. The number of fused-ring (bicyclic) bond motifs is 4. The topological polar surface area (TPSA) is 49.9 Å². The van der Waals surface area contributed by atoms with Crippen LogP contribution in [0.3, 0.4) is 0 Å². The molecule has 0 saturated heterocycles. The number of aromatic nitrogens is 1. The van der Waals surface area contributed by atoms with Crippen LogP contribution in [0, 0.1) is 0 Å². The predicted molar refractivity (Wildman–Crippen MR) is 105 cm³/mol. The van der Waals surface area contributed by atoms with Crippen LogP contribution < -0.4 is 5.43 Å². The van der Waals surface area contributed by atoms with Crippen molar-refractivity contribution in [3.8, 4) is 0 Å². The van der Waals surface area contributed by atoms with Gasteiger partial charge in [-0.3, -0.25) is 9.59 Å². The molecule has 0 bridgehead atoms. The van der Waals surface area contributed by atoms with Gasteiger partial charge in [0.05, 0.1) is 5.52 Å². The van der Waals surface area contributed by atoms with Gasteiger partial charge in [-0.1, -0.05) is 29.3 Å². The minimum atomic E-state index is -0.0894. The minimum absolute atomic E-state index is 0.0669. The number of nitrogens with one attached hydrogen (secondary N) is 1. The molecule has 1 aliphatic carbocycles. The maximum atomic E-state index is 12.9. The predicted octanol–water partition coefficient (Wildman–Crippen LogP) is 5.12. The lowest BCUT2D eigenvalue weighted by atomic mass is 9.84. The van der Waals surface area contributed by atoms with Gasteiger partial charge in [-0.2, -0.15) is 0 Å². The summed E-state index contributed by atoms with van der Waals surface area (Å²) in [5.74, 6) is -0.0669. The largest absolute Gasteiger partial charge is 0.354 e. The summed E-state index contributed by atoms with van der Waals surface area (Å²) in [6.07, 6.45) is 0.594. The van der Waals surface area contributed by atoms with Crippen molar-refractivity contribution in [3.05, 3.63) is 91.1 Å². The molecule has 0 amide bonds. The van der Waals surface area contributed by atoms with Gasteiger partial charge in [-0.25, -0.2) is 0 Å². The number of carbonyl (C=O) groups is 1. The Morgan fingerprint density at radius 2 is 1.42 bits per heavy atom. The lowest BCUT2D eigenvalue weighted by Gasteiger charge is -2.19. The van der Waals surface area contributed by atoms with Gasteiger partial charge in [0, 0.05) is 37.5 Å². The van der Waals surface area contributed by atoms with Gasteiger partial charge in [0.15, 0.2) is 11.2 Å². The molecular weight excluding hydrogens is 369 g/mol. The van der Waals surface area contributed by atoms with Gasteiger partial charge in [-0.15, -0.1) is 0 Å². The maximum Gasteiger partial charge on any atom is 0.197 e. The minimum Gasteiger partial charge on any atom is -0.354 e. The zero-order chi connectivity index (χ0) is 18.0. The molecule has 0 aliphatic heterocycles. The van der Waals surface area contributed by atoms with E-state index in [1.807, 2.05) is 12.1 Å². The number of pyridine rings is 1. The summed E-state index contributed by atoms with van der Waals surface area (Å²) in [6.45, 7) is 0. The third kappa shape index (κ3) is 2.21. The number of hydrogen-bond acceptors (Lipinski definition) is 2. The van der Waals surface area contributed by atoms with E-state index in [0.29, 0.717) is 49.4 Å². The standard InChI is InChI=1S/C21H11Cl2NO2/c22-12-2-1-10-5-11-6-16-19(9-15(11)20(25)14(10)7-12)24-18-4-3-13(23)8-17(18)21(16)26/h1-4,6-9H,5H2,(H,24,26). The molecule has 26 heavy (non-hydrogen) atoms. The normalized spacial score (nSPS) is 13.1. The Kier molecular flexibility index (Phi) is 3.27. The van der Waals surface area contributed by atoms with Crippen LogP contribution in [0.25, 0.3) is 21.8 Å². The van der Waals surface area contributed by atoms with E-state index in [4.69, 9.17) is 23.2 Å². The van der Waals surface area contributed by atoms with Gasteiger partial charge in [-0.05, 0) is 60.0 Å². The first kappa shape index (κ1) is 15.6. The second-order valence-corrected chi connectivity index (χ2v) is 7.38. The summed E-state index contributed by atoms with van der Waals surface area (Å²) in [5, 5.41) is 2.15. The third-order valence-corrected chi connectivity index (χ3v) is 5.40. The van der Waals surface area contributed by atoms with E-state index in [1.54, 1.807) is 36.4 Å². The van der Waals surface area contributed by atoms with E-state index in [1.165, 1.54) is 0 Å². The van der Waals surface area contributed by atoms with Crippen LogP contribution in [0.4, 0.5) is 0 Å². The molecule has 3 nitrogen and oxygen atoms in total. The molecule has 0 spiro atoms. The summed E-state index contributed by atoms with van der Waals surface area (Å²) < 4.78 is 0. The molecule has 1 aromatic heterocycles. The molecule has 0 unspecified atom stereocenters. The highest BCUT2D eigenvalue weighted by Gasteiger charge is 2.24. The number of benzene rings is 3. The zero-order valence-electron chi connectivity index (χ0n) is 13.4. The van der Waals surface area contributed by atoms with Crippen LogP contribution in [0.2, 0.25) is 10.0 Å². The Labute approximate surface area is 158 Å². The van der Waals surface area contributed by atoms with Crippen LogP contribution in [0.1, 0.15) is 27.0 Å². The summed E-state index contributed by atoms with van der Waals surface area (Å²) in [4.78, 5) is 29.1. The highest BCUT2D eigenvalue weighted by Crippen LogP contribution is 2.31. The average molecular weight is 380 g/mol. The van der Waals surface area contributed by atoms with Crippen molar-refractivity contribution in [2.75, 3.05) is 0 Å². The van der Waals surface area contributed by atoms with E-state index in [9.17, 15) is 9.59 Å². The first-order valence-electron chi connectivity index (χ1n) is 8.12. The van der Waals surface area contributed by atoms with Gasteiger partial charge in [0.25, 0.3) is 0 Å². The average Bonchev–Trinajstić information content (AvgIpc) is 2.63. The molecule has 1 heterocycles. The zero-order valence-corrected chi connectivity index (χ0v) is 14.9. The van der Waals surface area contributed by atoms with Crippen molar-refractivity contribution in [2.24, 2.45) is 0 Å². The van der Waals surface area contributed by atoms with Crippen molar-refractivity contribution < 1.29 is 4.79 Å². The van der Waals surface area contributed by atoms with Crippen molar-refractivity contribution in [3.63, 3.8) is 0 Å². The van der Waals surface area contributed by atoms with Gasteiger partial charge in [0.2, 0.25) is 0 Å². The first-order chi connectivity index (χ1) is 12.5. The second kappa shape index (κ2) is 5.44. The second-order valence-electron chi connectivity index (χ2n) is 6.51. The quantitative estimate of drug-likeness (QED) is 0.379. The van der Waals surface area contributed by atoms with Crippen molar-refractivity contribution in [1.29, 1.82) is 0 Å². The maximum absolute atomic E-state index is 12.9. The molecule has 1 aliphatic rings. The summed E-state index contributed by atoms with van der Waals surface area (Å²) in [6, 6.07) is 14.1. The van der Waals surface area contributed by atoms with Crippen LogP contribution in [0.15, 0.2) is 53.3 Å². The van der Waals surface area contributed by atoms with E-state index < -0.39 is 0 Å². The van der Waals surface area contributed by atoms with Crippen LogP contribution >= 0.6 is 23.2 Å². The van der Waals surface area contributed by atoms with E-state index in [0.717, 1.165) is 11.1 Å². The highest BCUT2D eigenvalue weighted by molar-refractivity contribution is 6.31. The van der Waals surface area contributed by atoms with Gasteiger partial charge < -0.3 is 4.98 Å². The molecule has 5 rings (SSSR count). The third-order valence-electron chi connectivity index (χ3n) is 4.93. The molecule has 0 atom stereocenters. The van der Waals surface area contributed by atoms with E-state index in [2.05, 4.69) is 4.98 Å².